The Labute approximate surface area is 141 Å². The summed E-state index contributed by atoms with van der Waals surface area (Å²) in [6.07, 6.45) is 1.96. The molecule has 4 heterocycles. The first-order valence-electron chi connectivity index (χ1n) is 8.47. The summed E-state index contributed by atoms with van der Waals surface area (Å²) in [4.78, 5) is 11.7. The second-order valence-electron chi connectivity index (χ2n) is 6.51. The van der Waals surface area contributed by atoms with Crippen LogP contribution < -0.4 is 4.90 Å². The van der Waals surface area contributed by atoms with E-state index in [1.807, 2.05) is 0 Å². The van der Waals surface area contributed by atoms with E-state index < -0.39 is 0 Å². The van der Waals surface area contributed by atoms with Gasteiger partial charge in [-0.1, -0.05) is 0 Å². The van der Waals surface area contributed by atoms with Crippen molar-refractivity contribution in [2.24, 2.45) is 0 Å². The first kappa shape index (κ1) is 15.5. The number of ether oxygens (including phenoxy) is 2. The lowest BCUT2D eigenvalue weighted by molar-refractivity contribution is 0.177. The van der Waals surface area contributed by atoms with Crippen LogP contribution in [0.15, 0.2) is 6.07 Å². The van der Waals surface area contributed by atoms with E-state index in [0.29, 0.717) is 12.5 Å². The van der Waals surface area contributed by atoms with E-state index in [9.17, 15) is 0 Å². The Kier molecular flexibility index (Phi) is 4.20. The Morgan fingerprint density at radius 2 is 2.33 bits per heavy atom. The monoisotopic (exact) mass is 329 g/mol. The molecule has 2 aromatic rings. The lowest BCUT2D eigenvalue weighted by Crippen LogP contribution is -2.31. The van der Waals surface area contributed by atoms with Crippen LogP contribution in [-0.2, 0) is 29.0 Å². The van der Waals surface area contributed by atoms with E-state index in [4.69, 9.17) is 19.4 Å². The predicted octanol–water partition coefficient (Wildman–Crippen LogP) is 1.72. The SMILES string of the molecule is COCc1nc([C@@H]2CCOC2)cc(N2CCc3n[nH]c(C)c3C2)n1. The number of nitrogens with one attached hydrogen (secondary N) is 1. The maximum Gasteiger partial charge on any atom is 0.156 e. The van der Waals surface area contributed by atoms with Gasteiger partial charge in [-0.25, -0.2) is 9.97 Å². The van der Waals surface area contributed by atoms with Gasteiger partial charge in [-0.05, 0) is 13.3 Å². The number of hydrogen-bond donors (Lipinski definition) is 1. The van der Waals surface area contributed by atoms with Gasteiger partial charge < -0.3 is 14.4 Å². The van der Waals surface area contributed by atoms with Crippen molar-refractivity contribution in [1.82, 2.24) is 20.2 Å². The number of nitrogens with zero attached hydrogens (tertiary/aromatic N) is 4. The van der Waals surface area contributed by atoms with Crippen molar-refractivity contribution in [2.45, 2.75) is 38.8 Å². The van der Waals surface area contributed by atoms with Crippen LogP contribution in [0.3, 0.4) is 0 Å². The number of aromatic nitrogens is 4. The number of fused-ring (bicyclic) bond motifs is 1. The molecular weight excluding hydrogens is 306 g/mol. The van der Waals surface area contributed by atoms with Crippen molar-refractivity contribution in [3.05, 3.63) is 34.5 Å². The van der Waals surface area contributed by atoms with E-state index in [0.717, 1.165) is 62.2 Å². The summed E-state index contributed by atoms with van der Waals surface area (Å²) < 4.78 is 10.8. The molecule has 7 heteroatoms. The molecule has 0 saturated carbocycles. The molecule has 0 bridgehead atoms. The minimum atomic E-state index is 0.360. The molecule has 1 saturated heterocycles. The van der Waals surface area contributed by atoms with Gasteiger partial charge >= 0.3 is 0 Å². The van der Waals surface area contributed by atoms with Crippen molar-refractivity contribution in [2.75, 3.05) is 31.8 Å². The zero-order chi connectivity index (χ0) is 16.5. The second-order valence-corrected chi connectivity index (χ2v) is 6.51. The van der Waals surface area contributed by atoms with E-state index in [1.165, 1.54) is 11.3 Å². The molecule has 128 valence electrons. The molecule has 1 fully saturated rings. The van der Waals surface area contributed by atoms with Crippen LogP contribution in [0.25, 0.3) is 0 Å². The molecule has 0 aromatic carbocycles. The molecule has 2 aliphatic heterocycles. The highest BCUT2D eigenvalue weighted by atomic mass is 16.5. The first-order chi connectivity index (χ1) is 11.7. The maximum atomic E-state index is 5.53. The van der Waals surface area contributed by atoms with E-state index in [-0.39, 0.29) is 0 Å². The average molecular weight is 329 g/mol. The van der Waals surface area contributed by atoms with Crippen molar-refractivity contribution in [1.29, 1.82) is 0 Å². The van der Waals surface area contributed by atoms with Gasteiger partial charge in [-0.2, -0.15) is 5.10 Å². The van der Waals surface area contributed by atoms with Crippen LogP contribution in [0.2, 0.25) is 0 Å². The van der Waals surface area contributed by atoms with Crippen LogP contribution in [0.5, 0.6) is 0 Å². The Hall–Kier alpha value is -1.99. The van der Waals surface area contributed by atoms with Crippen LogP contribution in [0.1, 0.15) is 40.8 Å². The summed E-state index contributed by atoms with van der Waals surface area (Å²) >= 11 is 0. The minimum Gasteiger partial charge on any atom is -0.381 e. The normalized spacial score (nSPS) is 20.4. The summed E-state index contributed by atoms with van der Waals surface area (Å²) in [5.74, 6) is 2.08. The minimum absolute atomic E-state index is 0.360. The molecule has 2 aliphatic rings. The van der Waals surface area contributed by atoms with Gasteiger partial charge in [0.25, 0.3) is 0 Å². The number of hydrogen-bond acceptors (Lipinski definition) is 6. The molecule has 0 unspecified atom stereocenters. The largest absolute Gasteiger partial charge is 0.381 e. The molecule has 0 aliphatic carbocycles. The molecule has 2 aromatic heterocycles. The quantitative estimate of drug-likeness (QED) is 0.920. The number of aromatic amines is 1. The molecular formula is C17H23N5O2. The van der Waals surface area contributed by atoms with Gasteiger partial charge in [-0.15, -0.1) is 0 Å². The van der Waals surface area contributed by atoms with Crippen molar-refractivity contribution < 1.29 is 9.47 Å². The van der Waals surface area contributed by atoms with Crippen molar-refractivity contribution in [3.63, 3.8) is 0 Å². The molecule has 4 rings (SSSR count). The Balaban J connectivity index is 1.65. The third-order valence-electron chi connectivity index (χ3n) is 4.85. The van der Waals surface area contributed by atoms with Crippen LogP contribution in [-0.4, -0.2) is 47.0 Å². The highest BCUT2D eigenvalue weighted by Gasteiger charge is 2.25. The van der Waals surface area contributed by atoms with E-state index in [2.05, 4.69) is 28.1 Å². The van der Waals surface area contributed by atoms with Crippen molar-refractivity contribution >= 4 is 5.82 Å². The highest BCUT2D eigenvalue weighted by Crippen LogP contribution is 2.29. The fourth-order valence-corrected chi connectivity index (χ4v) is 3.46. The predicted molar refractivity (Wildman–Crippen MR) is 89.0 cm³/mol. The van der Waals surface area contributed by atoms with Gasteiger partial charge in [0.15, 0.2) is 5.82 Å². The smallest absolute Gasteiger partial charge is 0.156 e. The molecule has 0 amide bonds. The van der Waals surface area contributed by atoms with Crippen LogP contribution in [0, 0.1) is 6.92 Å². The molecule has 0 radical (unpaired) electrons. The number of aryl methyl sites for hydroxylation is 1. The van der Waals surface area contributed by atoms with Gasteiger partial charge in [0, 0.05) is 56.5 Å². The summed E-state index contributed by atoms with van der Waals surface area (Å²) in [5, 5.41) is 7.48. The number of rotatable bonds is 4. The third-order valence-corrected chi connectivity index (χ3v) is 4.85. The van der Waals surface area contributed by atoms with Gasteiger partial charge in [0.05, 0.1) is 18.0 Å². The maximum absolute atomic E-state index is 5.53. The standard InChI is InChI=1S/C17H23N5O2/c1-11-13-8-22(5-3-14(13)21-20-11)17-7-15(12-4-6-24-9-12)18-16(19-17)10-23-2/h7,12H,3-6,8-10H2,1-2H3,(H,20,21)/t12-/m1/s1. The first-order valence-corrected chi connectivity index (χ1v) is 8.47. The summed E-state index contributed by atoms with van der Waals surface area (Å²) in [6, 6.07) is 2.12. The zero-order valence-electron chi connectivity index (χ0n) is 14.2. The lowest BCUT2D eigenvalue weighted by atomic mass is 10.0. The fraction of sp³-hybridized carbons (Fsp3) is 0.588. The number of methoxy groups -OCH3 is 1. The van der Waals surface area contributed by atoms with E-state index >= 15 is 0 Å². The second kappa shape index (κ2) is 6.49. The zero-order valence-corrected chi connectivity index (χ0v) is 14.2. The number of anilines is 1. The van der Waals surface area contributed by atoms with Crippen molar-refractivity contribution in [3.8, 4) is 0 Å². The van der Waals surface area contributed by atoms with Crippen LogP contribution in [0.4, 0.5) is 5.82 Å². The Morgan fingerprint density at radius 3 is 3.12 bits per heavy atom. The topological polar surface area (TPSA) is 76.2 Å². The summed E-state index contributed by atoms with van der Waals surface area (Å²) in [5.41, 5.74) is 4.68. The fourth-order valence-electron chi connectivity index (χ4n) is 3.46. The van der Waals surface area contributed by atoms with Gasteiger partial charge in [-0.3, -0.25) is 5.10 Å². The molecule has 1 N–H and O–H groups in total. The molecule has 1 atom stereocenters. The number of H-pyrrole nitrogens is 1. The molecule has 7 nitrogen and oxygen atoms in total. The van der Waals surface area contributed by atoms with Gasteiger partial charge in [0.1, 0.15) is 12.4 Å². The molecule has 24 heavy (non-hydrogen) atoms. The molecule has 0 spiro atoms. The van der Waals surface area contributed by atoms with Gasteiger partial charge in [0.2, 0.25) is 0 Å². The van der Waals surface area contributed by atoms with E-state index in [1.54, 1.807) is 7.11 Å². The third kappa shape index (κ3) is 2.89. The van der Waals surface area contributed by atoms with Crippen LogP contribution >= 0.6 is 0 Å². The average Bonchev–Trinajstić information content (AvgIpc) is 3.25. The Morgan fingerprint density at radius 1 is 1.42 bits per heavy atom. The summed E-state index contributed by atoms with van der Waals surface area (Å²) in [6.45, 7) is 5.81. The Bertz CT molecular complexity index is 724. The lowest BCUT2D eigenvalue weighted by Gasteiger charge is -2.28. The summed E-state index contributed by atoms with van der Waals surface area (Å²) in [7, 11) is 1.68. The highest BCUT2D eigenvalue weighted by molar-refractivity contribution is 5.45.